The van der Waals surface area contributed by atoms with Crippen molar-refractivity contribution < 1.29 is 13.2 Å². The summed E-state index contributed by atoms with van der Waals surface area (Å²) in [6.07, 6.45) is -3.17. The normalized spacial score (nSPS) is 19.9. The summed E-state index contributed by atoms with van der Waals surface area (Å²) in [6, 6.07) is 5.32. The lowest BCUT2D eigenvalue weighted by Crippen LogP contribution is -2.39. The van der Waals surface area contributed by atoms with Crippen LogP contribution in [-0.4, -0.2) is 44.6 Å². The minimum Gasteiger partial charge on any atom is -0.356 e. The first kappa shape index (κ1) is 17.6. The van der Waals surface area contributed by atoms with E-state index in [4.69, 9.17) is 0 Å². The molecule has 7 heteroatoms. The molecule has 1 atom stereocenters. The van der Waals surface area contributed by atoms with Crippen molar-refractivity contribution in [3.8, 4) is 0 Å². The van der Waals surface area contributed by atoms with Gasteiger partial charge < -0.3 is 15.5 Å². The first-order valence-corrected chi connectivity index (χ1v) is 7.67. The highest BCUT2D eigenvalue weighted by Crippen LogP contribution is 2.29. The lowest BCUT2D eigenvalue weighted by atomic mass is 10.1. The lowest BCUT2D eigenvalue weighted by molar-refractivity contribution is -0.137. The Kier molecular flexibility index (Phi) is 5.87. The van der Waals surface area contributed by atoms with Gasteiger partial charge in [-0.2, -0.15) is 13.2 Å². The van der Waals surface area contributed by atoms with Gasteiger partial charge in [-0.15, -0.1) is 0 Å². The van der Waals surface area contributed by atoms with Crippen molar-refractivity contribution in [2.45, 2.75) is 19.1 Å². The molecule has 2 rings (SSSR count). The third kappa shape index (κ3) is 5.42. The second kappa shape index (κ2) is 7.68. The van der Waals surface area contributed by atoms with Crippen LogP contribution < -0.4 is 10.6 Å². The van der Waals surface area contributed by atoms with Gasteiger partial charge in [0, 0.05) is 26.7 Å². The SMILES string of the molecule is CN=C(NCc1cccc(C(F)(F)F)c1)NCC1CCN(C)C1. The van der Waals surface area contributed by atoms with Gasteiger partial charge in [-0.05, 0) is 43.6 Å². The molecule has 1 aromatic carbocycles. The molecule has 0 aliphatic carbocycles. The van der Waals surface area contributed by atoms with Crippen LogP contribution in [0.3, 0.4) is 0 Å². The Bertz CT molecular complexity index is 542. The molecule has 0 radical (unpaired) electrons. The van der Waals surface area contributed by atoms with Crippen LogP contribution in [0.1, 0.15) is 17.5 Å². The summed E-state index contributed by atoms with van der Waals surface area (Å²) in [7, 11) is 3.75. The maximum atomic E-state index is 12.7. The summed E-state index contributed by atoms with van der Waals surface area (Å²) in [5.41, 5.74) is -0.0582. The molecule has 1 unspecified atom stereocenters. The van der Waals surface area contributed by atoms with E-state index in [2.05, 4.69) is 27.6 Å². The minimum atomic E-state index is -4.32. The molecule has 2 N–H and O–H groups in total. The standard InChI is InChI=1S/C16H23F3N4/c1-20-15(22-10-13-6-7-23(2)11-13)21-9-12-4-3-5-14(8-12)16(17,18)19/h3-5,8,13H,6-7,9-11H2,1-2H3,(H2,20,21,22). The molecule has 1 fully saturated rings. The number of hydrogen-bond acceptors (Lipinski definition) is 2. The molecule has 128 valence electrons. The number of guanidine groups is 1. The quantitative estimate of drug-likeness (QED) is 0.658. The van der Waals surface area contributed by atoms with Gasteiger partial charge >= 0.3 is 6.18 Å². The second-order valence-electron chi connectivity index (χ2n) is 5.92. The number of benzene rings is 1. The maximum absolute atomic E-state index is 12.7. The van der Waals surface area contributed by atoms with Crippen LogP contribution in [0.5, 0.6) is 0 Å². The number of alkyl halides is 3. The fourth-order valence-corrected chi connectivity index (χ4v) is 2.70. The molecular formula is C16H23F3N4. The topological polar surface area (TPSA) is 39.7 Å². The molecule has 0 saturated carbocycles. The van der Waals surface area contributed by atoms with Crippen molar-refractivity contribution >= 4 is 5.96 Å². The van der Waals surface area contributed by atoms with Crippen molar-refractivity contribution in [2.24, 2.45) is 10.9 Å². The first-order valence-electron chi connectivity index (χ1n) is 7.67. The average molecular weight is 328 g/mol. The van der Waals surface area contributed by atoms with Crippen LogP contribution in [-0.2, 0) is 12.7 Å². The molecule has 0 aromatic heterocycles. The van der Waals surface area contributed by atoms with E-state index < -0.39 is 11.7 Å². The summed E-state index contributed by atoms with van der Waals surface area (Å²) in [6.45, 7) is 3.26. The zero-order chi connectivity index (χ0) is 16.9. The monoisotopic (exact) mass is 328 g/mol. The fraction of sp³-hybridized carbons (Fsp3) is 0.562. The van der Waals surface area contributed by atoms with Crippen molar-refractivity contribution in [3.05, 3.63) is 35.4 Å². The van der Waals surface area contributed by atoms with E-state index in [-0.39, 0.29) is 0 Å². The number of halogens is 3. The highest BCUT2D eigenvalue weighted by Gasteiger charge is 2.30. The maximum Gasteiger partial charge on any atom is 0.416 e. The van der Waals surface area contributed by atoms with E-state index in [0.29, 0.717) is 24.0 Å². The van der Waals surface area contributed by atoms with Gasteiger partial charge in [0.05, 0.1) is 5.56 Å². The molecular weight excluding hydrogens is 305 g/mol. The molecule has 0 amide bonds. The number of nitrogens with zero attached hydrogens (tertiary/aromatic N) is 2. The van der Waals surface area contributed by atoms with E-state index in [0.717, 1.165) is 38.2 Å². The summed E-state index contributed by atoms with van der Waals surface area (Å²) < 4.78 is 38.1. The molecule has 23 heavy (non-hydrogen) atoms. The van der Waals surface area contributed by atoms with Gasteiger partial charge in [0.15, 0.2) is 5.96 Å². The Morgan fingerprint density at radius 3 is 2.74 bits per heavy atom. The third-order valence-electron chi connectivity index (χ3n) is 3.98. The summed E-state index contributed by atoms with van der Waals surface area (Å²) in [4.78, 5) is 6.40. The van der Waals surface area contributed by atoms with Gasteiger partial charge in [-0.1, -0.05) is 12.1 Å². The van der Waals surface area contributed by atoms with Crippen LogP contribution >= 0.6 is 0 Å². The smallest absolute Gasteiger partial charge is 0.356 e. The molecule has 0 bridgehead atoms. The fourth-order valence-electron chi connectivity index (χ4n) is 2.70. The van der Waals surface area contributed by atoms with Gasteiger partial charge in [0.25, 0.3) is 0 Å². The van der Waals surface area contributed by atoms with Crippen LogP contribution in [0.2, 0.25) is 0 Å². The Hall–Kier alpha value is -1.76. The van der Waals surface area contributed by atoms with Gasteiger partial charge in [0.2, 0.25) is 0 Å². The molecule has 0 spiro atoms. The molecule has 1 aliphatic rings. The second-order valence-corrected chi connectivity index (χ2v) is 5.92. The van der Waals surface area contributed by atoms with Crippen LogP contribution in [0.25, 0.3) is 0 Å². The highest BCUT2D eigenvalue weighted by atomic mass is 19.4. The average Bonchev–Trinajstić information content (AvgIpc) is 2.92. The van der Waals surface area contributed by atoms with E-state index in [1.165, 1.54) is 6.07 Å². The first-order chi connectivity index (χ1) is 10.9. The zero-order valence-corrected chi connectivity index (χ0v) is 13.5. The Balaban J connectivity index is 1.83. The predicted molar refractivity (Wildman–Crippen MR) is 85.2 cm³/mol. The van der Waals surface area contributed by atoms with Crippen molar-refractivity contribution in [1.82, 2.24) is 15.5 Å². The van der Waals surface area contributed by atoms with Crippen LogP contribution in [0.4, 0.5) is 13.2 Å². The van der Waals surface area contributed by atoms with E-state index >= 15 is 0 Å². The van der Waals surface area contributed by atoms with Gasteiger partial charge in [-0.3, -0.25) is 4.99 Å². The largest absolute Gasteiger partial charge is 0.416 e. The predicted octanol–water partition coefficient (Wildman–Crippen LogP) is 2.32. The van der Waals surface area contributed by atoms with Crippen LogP contribution in [0.15, 0.2) is 29.3 Å². The van der Waals surface area contributed by atoms with Gasteiger partial charge in [0.1, 0.15) is 0 Å². The molecule has 1 aliphatic heterocycles. The Labute approximate surface area is 134 Å². The number of aliphatic imine (C=N–C) groups is 1. The van der Waals surface area contributed by atoms with Crippen molar-refractivity contribution in [2.75, 3.05) is 33.7 Å². The lowest BCUT2D eigenvalue weighted by Gasteiger charge is -2.16. The minimum absolute atomic E-state index is 0.300. The Morgan fingerprint density at radius 1 is 1.35 bits per heavy atom. The molecule has 4 nitrogen and oxygen atoms in total. The van der Waals surface area contributed by atoms with E-state index in [1.807, 2.05) is 0 Å². The zero-order valence-electron chi connectivity index (χ0n) is 13.5. The number of hydrogen-bond donors (Lipinski definition) is 2. The third-order valence-corrected chi connectivity index (χ3v) is 3.98. The highest BCUT2D eigenvalue weighted by molar-refractivity contribution is 5.79. The van der Waals surface area contributed by atoms with E-state index in [9.17, 15) is 13.2 Å². The number of rotatable bonds is 4. The number of likely N-dealkylation sites (tertiary alicyclic amines) is 1. The van der Waals surface area contributed by atoms with Crippen molar-refractivity contribution in [3.63, 3.8) is 0 Å². The van der Waals surface area contributed by atoms with Crippen LogP contribution in [0, 0.1) is 5.92 Å². The Morgan fingerprint density at radius 2 is 2.13 bits per heavy atom. The van der Waals surface area contributed by atoms with Gasteiger partial charge in [-0.25, -0.2) is 0 Å². The molecule has 1 saturated heterocycles. The molecule has 1 heterocycles. The van der Waals surface area contributed by atoms with E-state index in [1.54, 1.807) is 13.1 Å². The summed E-state index contributed by atoms with van der Waals surface area (Å²) in [5, 5.41) is 6.29. The summed E-state index contributed by atoms with van der Waals surface area (Å²) in [5.74, 6) is 1.18. The summed E-state index contributed by atoms with van der Waals surface area (Å²) >= 11 is 0. The number of nitrogens with one attached hydrogen (secondary N) is 2. The molecule has 1 aromatic rings. The van der Waals surface area contributed by atoms with Crippen molar-refractivity contribution in [1.29, 1.82) is 0 Å².